The van der Waals surface area contributed by atoms with Gasteiger partial charge in [-0.3, -0.25) is 4.79 Å². The number of methoxy groups -OCH3 is 1. The molecule has 0 bridgehead atoms. The van der Waals surface area contributed by atoms with Crippen LogP contribution in [0.1, 0.15) is 63.3 Å². The van der Waals surface area contributed by atoms with Gasteiger partial charge in [-0.2, -0.15) is 13.2 Å². The van der Waals surface area contributed by atoms with E-state index in [1.807, 2.05) is 58.9 Å². The summed E-state index contributed by atoms with van der Waals surface area (Å²) < 4.78 is 46.1. The Morgan fingerprint density at radius 2 is 1.77 bits per heavy atom. The van der Waals surface area contributed by atoms with Gasteiger partial charge in [0.05, 0.1) is 18.4 Å². The lowest BCUT2D eigenvalue weighted by Crippen LogP contribution is -2.33. The zero-order chi connectivity index (χ0) is 29.5. The Balaban J connectivity index is 2.50. The first-order valence-corrected chi connectivity index (χ1v) is 12.8. The standard InChI is InChI=1S/C31H40F3N3O2/c1-10-12-25(36-26-17-24(31(32,33)34)15-21(4)28(26)39-9)23-14-13-20(3)27(16-23)37(11-2)18-22(5)29(38)35-19-30(6,7)8/h11-18,36H,2,10,19H2,1,3-9H3,(H,35,38)/b22-18+,25-12?. The van der Waals surface area contributed by atoms with Gasteiger partial charge in [-0.1, -0.05) is 52.5 Å². The summed E-state index contributed by atoms with van der Waals surface area (Å²) in [4.78, 5) is 14.4. The highest BCUT2D eigenvalue weighted by Gasteiger charge is 2.32. The van der Waals surface area contributed by atoms with Crippen molar-refractivity contribution in [2.24, 2.45) is 5.41 Å². The molecule has 0 fully saturated rings. The maximum absolute atomic E-state index is 13.6. The summed E-state index contributed by atoms with van der Waals surface area (Å²) in [6, 6.07) is 7.86. The van der Waals surface area contributed by atoms with Crippen molar-refractivity contribution in [3.05, 3.63) is 83.2 Å². The SMILES string of the molecule is C=CN(/C=C(\C)C(=O)NCC(C)(C)C)c1cc(C(=CCC)Nc2cc(C(F)(F)F)cc(C)c2OC)ccc1C. The van der Waals surface area contributed by atoms with Crippen LogP contribution in [0.4, 0.5) is 24.5 Å². The molecule has 0 aliphatic heterocycles. The molecule has 5 nitrogen and oxygen atoms in total. The molecule has 1 amide bonds. The minimum atomic E-state index is -4.49. The number of ether oxygens (including phenoxy) is 1. The quantitative estimate of drug-likeness (QED) is 0.297. The van der Waals surface area contributed by atoms with Gasteiger partial charge in [0.1, 0.15) is 5.75 Å². The number of halogens is 3. The highest BCUT2D eigenvalue weighted by molar-refractivity contribution is 5.93. The van der Waals surface area contributed by atoms with Crippen LogP contribution in [0, 0.1) is 19.3 Å². The second kappa shape index (κ2) is 12.9. The van der Waals surface area contributed by atoms with Gasteiger partial charge < -0.3 is 20.3 Å². The van der Waals surface area contributed by atoms with Crippen molar-refractivity contribution in [1.29, 1.82) is 0 Å². The topological polar surface area (TPSA) is 53.6 Å². The van der Waals surface area contributed by atoms with E-state index in [1.165, 1.54) is 7.11 Å². The van der Waals surface area contributed by atoms with E-state index < -0.39 is 11.7 Å². The molecule has 39 heavy (non-hydrogen) atoms. The maximum Gasteiger partial charge on any atom is 0.416 e. The van der Waals surface area contributed by atoms with E-state index >= 15 is 0 Å². The van der Waals surface area contributed by atoms with Crippen LogP contribution in [0.5, 0.6) is 5.75 Å². The Bertz CT molecular complexity index is 1250. The normalized spacial score (nSPS) is 12.7. The van der Waals surface area contributed by atoms with Crippen molar-refractivity contribution in [1.82, 2.24) is 5.32 Å². The van der Waals surface area contributed by atoms with E-state index in [0.717, 1.165) is 28.9 Å². The van der Waals surface area contributed by atoms with Crippen LogP contribution in [-0.4, -0.2) is 19.6 Å². The molecule has 2 aromatic carbocycles. The van der Waals surface area contributed by atoms with Crippen LogP contribution >= 0.6 is 0 Å². The lowest BCUT2D eigenvalue weighted by molar-refractivity contribution is -0.137. The molecular weight excluding hydrogens is 503 g/mol. The first kappa shape index (κ1) is 31.5. The molecule has 0 heterocycles. The summed E-state index contributed by atoms with van der Waals surface area (Å²) in [7, 11) is 1.43. The van der Waals surface area contributed by atoms with Gasteiger partial charge in [0.25, 0.3) is 0 Å². The van der Waals surface area contributed by atoms with Crippen molar-refractivity contribution in [3.8, 4) is 5.75 Å². The maximum atomic E-state index is 13.6. The number of amides is 1. The van der Waals surface area contributed by atoms with Crippen LogP contribution in [0.3, 0.4) is 0 Å². The Hall–Kier alpha value is -3.68. The van der Waals surface area contributed by atoms with Crippen molar-refractivity contribution in [3.63, 3.8) is 0 Å². The summed E-state index contributed by atoms with van der Waals surface area (Å²) in [6.07, 6.45) is 1.38. The molecule has 2 N–H and O–H groups in total. The van der Waals surface area contributed by atoms with E-state index in [9.17, 15) is 18.0 Å². The summed E-state index contributed by atoms with van der Waals surface area (Å²) >= 11 is 0. The predicted molar refractivity (Wildman–Crippen MR) is 155 cm³/mol. The summed E-state index contributed by atoms with van der Waals surface area (Å²) in [5.74, 6) is 0.163. The molecule has 0 atom stereocenters. The molecule has 0 saturated carbocycles. The Labute approximate surface area is 230 Å². The molecule has 2 rings (SSSR count). The average molecular weight is 544 g/mol. The Morgan fingerprint density at radius 3 is 2.31 bits per heavy atom. The van der Waals surface area contributed by atoms with Gasteiger partial charge in [-0.15, -0.1) is 0 Å². The fourth-order valence-electron chi connectivity index (χ4n) is 3.92. The number of carbonyl (C=O) groups is 1. The van der Waals surface area contributed by atoms with E-state index in [2.05, 4.69) is 17.2 Å². The van der Waals surface area contributed by atoms with Gasteiger partial charge in [0, 0.05) is 35.9 Å². The molecule has 0 aliphatic carbocycles. The van der Waals surface area contributed by atoms with Crippen molar-refractivity contribution in [2.75, 3.05) is 23.9 Å². The van der Waals surface area contributed by atoms with Crippen LogP contribution < -0.4 is 20.3 Å². The number of hydrogen-bond donors (Lipinski definition) is 2. The van der Waals surface area contributed by atoms with E-state index in [4.69, 9.17) is 4.74 Å². The zero-order valence-corrected chi connectivity index (χ0v) is 24.1. The molecule has 0 aliphatic rings. The third-order valence-electron chi connectivity index (χ3n) is 5.95. The van der Waals surface area contributed by atoms with Crippen molar-refractivity contribution >= 4 is 23.0 Å². The molecule has 0 radical (unpaired) electrons. The number of aryl methyl sites for hydroxylation is 2. The summed E-state index contributed by atoms with van der Waals surface area (Å²) in [5.41, 5.74) is 3.39. The molecular formula is C31H40F3N3O2. The number of carbonyl (C=O) groups excluding carboxylic acids is 1. The minimum Gasteiger partial charge on any atom is -0.494 e. The fourth-order valence-corrected chi connectivity index (χ4v) is 3.92. The van der Waals surface area contributed by atoms with Gasteiger partial charge in [-0.05, 0) is 67.5 Å². The van der Waals surface area contributed by atoms with Crippen LogP contribution in [-0.2, 0) is 11.0 Å². The second-order valence-corrected chi connectivity index (χ2v) is 10.7. The Morgan fingerprint density at radius 1 is 1.10 bits per heavy atom. The van der Waals surface area contributed by atoms with Crippen LogP contribution in [0.2, 0.25) is 0 Å². The molecule has 212 valence electrons. The predicted octanol–water partition coefficient (Wildman–Crippen LogP) is 8.21. The van der Waals surface area contributed by atoms with E-state index in [0.29, 0.717) is 35.5 Å². The number of nitrogens with zero attached hydrogens (tertiary/aromatic N) is 1. The average Bonchev–Trinajstić information content (AvgIpc) is 2.84. The molecule has 2 aromatic rings. The number of rotatable bonds is 10. The number of anilines is 2. The van der Waals surface area contributed by atoms with Gasteiger partial charge in [0.15, 0.2) is 0 Å². The summed E-state index contributed by atoms with van der Waals surface area (Å²) in [5, 5.41) is 6.12. The van der Waals surface area contributed by atoms with Crippen molar-refractivity contribution in [2.45, 2.75) is 61.1 Å². The van der Waals surface area contributed by atoms with E-state index in [1.54, 1.807) is 31.1 Å². The number of benzene rings is 2. The number of hydrogen-bond acceptors (Lipinski definition) is 4. The van der Waals surface area contributed by atoms with Gasteiger partial charge >= 0.3 is 6.18 Å². The lowest BCUT2D eigenvalue weighted by Gasteiger charge is -2.23. The zero-order valence-electron chi connectivity index (χ0n) is 24.1. The van der Waals surface area contributed by atoms with Crippen molar-refractivity contribution < 1.29 is 22.7 Å². The minimum absolute atomic E-state index is 0.0468. The second-order valence-electron chi connectivity index (χ2n) is 10.7. The van der Waals surface area contributed by atoms with Gasteiger partial charge in [0.2, 0.25) is 5.91 Å². The van der Waals surface area contributed by atoms with Crippen LogP contribution in [0.25, 0.3) is 5.70 Å². The highest BCUT2D eigenvalue weighted by Crippen LogP contribution is 2.39. The first-order valence-electron chi connectivity index (χ1n) is 12.8. The molecule has 0 saturated heterocycles. The van der Waals surface area contributed by atoms with Gasteiger partial charge in [-0.25, -0.2) is 0 Å². The molecule has 0 unspecified atom stereocenters. The lowest BCUT2D eigenvalue weighted by atomic mass is 9.97. The third-order valence-corrected chi connectivity index (χ3v) is 5.95. The number of allylic oxidation sites excluding steroid dienone is 1. The van der Waals surface area contributed by atoms with E-state index in [-0.39, 0.29) is 17.0 Å². The first-order chi connectivity index (χ1) is 18.1. The molecule has 0 spiro atoms. The monoisotopic (exact) mass is 543 g/mol. The third kappa shape index (κ3) is 8.67. The largest absolute Gasteiger partial charge is 0.494 e. The number of nitrogens with one attached hydrogen (secondary N) is 2. The molecule has 0 aromatic heterocycles. The Kier molecular flexibility index (Phi) is 10.4. The highest BCUT2D eigenvalue weighted by atomic mass is 19.4. The van der Waals surface area contributed by atoms with Crippen LogP contribution in [0.15, 0.2) is 61.0 Å². The fraction of sp³-hybridized carbons (Fsp3) is 0.387. The number of alkyl halides is 3. The molecule has 8 heteroatoms. The smallest absolute Gasteiger partial charge is 0.416 e. The summed E-state index contributed by atoms with van der Waals surface area (Å²) in [6.45, 7) is 17.8.